The Bertz CT molecular complexity index is 7410. The first kappa shape index (κ1) is 72.6. The van der Waals surface area contributed by atoms with Crippen LogP contribution in [0.4, 0.5) is 0 Å². The van der Waals surface area contributed by atoms with E-state index in [1.165, 1.54) is 214 Å². The van der Waals surface area contributed by atoms with Gasteiger partial charge in [-0.1, -0.05) is 245 Å². The Morgan fingerprint density at radius 2 is 0.405 bits per heavy atom. The summed E-state index contributed by atoms with van der Waals surface area (Å²) in [6.45, 7) is 56.3. The smallest absolute Gasteiger partial charge is 0.0622 e. The lowest BCUT2D eigenvalue weighted by atomic mass is 9.83. The van der Waals surface area contributed by atoms with Crippen LogP contribution < -0.4 is 0 Å². The van der Waals surface area contributed by atoms with E-state index < -0.39 is 0 Å². The second-order valence-corrected chi connectivity index (χ2v) is 43.2. The Morgan fingerprint density at radius 1 is 0.181 bits per heavy atom. The summed E-state index contributed by atoms with van der Waals surface area (Å²) in [5.41, 5.74) is 35.4. The molecular weight excluding hydrogens is 1400 g/mol. The Balaban J connectivity index is 0.883. The fourth-order valence-electron chi connectivity index (χ4n) is 20.4. The highest BCUT2D eigenvalue weighted by molar-refractivity contribution is 6.30. The quantitative estimate of drug-likeness (QED) is 0.168. The lowest BCUT2D eigenvalue weighted by Gasteiger charge is -2.21. The molecule has 0 amide bonds. The van der Waals surface area contributed by atoms with Crippen LogP contribution in [0.1, 0.15) is 233 Å². The molecule has 0 N–H and O–H groups in total. The average molecular weight is 1510 g/mol. The van der Waals surface area contributed by atoms with E-state index >= 15 is 0 Å². The molecule has 1 aliphatic carbocycles. The van der Waals surface area contributed by atoms with Gasteiger partial charge in [0.2, 0.25) is 0 Å². The van der Waals surface area contributed by atoms with Crippen molar-refractivity contribution in [1.29, 1.82) is 0 Å². The van der Waals surface area contributed by atoms with E-state index in [2.05, 4.69) is 407 Å². The van der Waals surface area contributed by atoms with Gasteiger partial charge in [-0.05, 0) is 255 Å². The van der Waals surface area contributed by atoms with Gasteiger partial charge >= 0.3 is 0 Å². The lowest BCUT2D eigenvalue weighted by molar-refractivity contribution is 0.589. The fraction of sp³-hybridized carbons (Fsp3) is 0.297. The molecule has 7 aromatic heterocycles. The summed E-state index contributed by atoms with van der Waals surface area (Å²) in [6.07, 6.45) is 0. The molecule has 5 nitrogen and oxygen atoms in total. The number of fused-ring (bicyclic) bond motifs is 24. The van der Waals surface area contributed by atoms with Crippen molar-refractivity contribution in [2.45, 2.75) is 215 Å². The molecule has 20 aromatic rings. The molecule has 0 unspecified atom stereocenters. The number of benzene rings is 13. The standard InChI is InChI=1S/C111H109N5/c1-104(2,3)62-26-35-73-75(46-62)76-47-63(105(4,5)6)27-36-74(76)101(73)61-25-37-97-77(45-61)87-55-71(113-93-40-30-66(108(13,14)15)50-80(93)81-51-67(109(16,17)18)31-41-94(81)113)57-89-85-60-100-86(59-99(85)115(97)102(87)89)90-58-72(114-95-42-32-68(110(19,20)21)52-82(95)83-53-69(111(22,23)24)33-43-96(83)114)56-88-84-54-70(34-44-98(84)116(100)103(88)90)112-91-38-28-64(106(7,8)9)48-78(91)79-49-65(107(10,11)12)29-39-92(79)112/h25-60,101H,1-24H3. The lowest BCUT2D eigenvalue weighted by Crippen LogP contribution is -2.11. The minimum absolute atomic E-state index is 0.00420. The average Bonchev–Trinajstić information content (AvgIpc) is 1.51. The highest BCUT2D eigenvalue weighted by atomic mass is 15.0. The van der Waals surface area contributed by atoms with Gasteiger partial charge in [0, 0.05) is 98.4 Å². The van der Waals surface area contributed by atoms with E-state index in [0.717, 1.165) is 17.1 Å². The minimum atomic E-state index is -0.0429. The van der Waals surface area contributed by atoms with Gasteiger partial charge in [-0.2, -0.15) is 0 Å². The predicted octanol–water partition coefficient (Wildman–Crippen LogP) is 30.8. The number of aromatic nitrogens is 5. The highest BCUT2D eigenvalue weighted by Crippen LogP contribution is 2.54. The Hall–Kier alpha value is -11.1. The maximum absolute atomic E-state index is 2.66. The second kappa shape index (κ2) is 23.4. The number of hydrogen-bond donors (Lipinski definition) is 0. The molecule has 0 spiro atoms. The van der Waals surface area contributed by atoms with Crippen molar-refractivity contribution in [3.63, 3.8) is 0 Å². The van der Waals surface area contributed by atoms with Crippen LogP contribution in [0.5, 0.6) is 0 Å². The summed E-state index contributed by atoms with van der Waals surface area (Å²) in [4.78, 5) is 0. The maximum Gasteiger partial charge on any atom is 0.0622 e. The van der Waals surface area contributed by atoms with Crippen molar-refractivity contribution in [2.75, 3.05) is 0 Å². The number of rotatable bonds is 4. The SMILES string of the molecule is CC(C)(C)c1ccc2c(c1)-c1cc(C(C)(C)C)ccc1C2c1ccc2c(c1)c1cc(-n3c4ccc(C(C)(C)C)cc4c4cc(C(C)(C)C)ccc43)cc3c4cc5c(cc4n2c13)c1cc(-n2c3ccc(C(C)(C)C)cc3c3cc(C(C)(C)C)ccc32)cc2c3cc(-n4c6ccc(C(C)(C)C)cc6c6cc(C(C)(C)C)ccc64)ccc3n5c21. The van der Waals surface area contributed by atoms with Crippen LogP contribution in [0.3, 0.4) is 0 Å². The van der Waals surface area contributed by atoms with Crippen molar-refractivity contribution in [1.82, 2.24) is 22.5 Å². The molecule has 0 radical (unpaired) electrons. The van der Waals surface area contributed by atoms with Gasteiger partial charge < -0.3 is 22.5 Å². The van der Waals surface area contributed by atoms with E-state index in [-0.39, 0.29) is 49.2 Å². The Morgan fingerprint density at radius 3 is 0.698 bits per heavy atom. The Kier molecular flexibility index (Phi) is 14.6. The molecule has 21 rings (SSSR count). The monoisotopic (exact) mass is 1510 g/mol. The van der Waals surface area contributed by atoms with Crippen molar-refractivity contribution >= 4 is 142 Å². The van der Waals surface area contributed by atoms with E-state index in [9.17, 15) is 0 Å². The molecule has 0 atom stereocenters. The first-order valence-electron chi connectivity index (χ1n) is 42.6. The molecule has 7 heterocycles. The number of nitrogens with zero attached hydrogens (tertiary/aromatic N) is 5. The molecule has 0 aliphatic heterocycles. The van der Waals surface area contributed by atoms with Crippen molar-refractivity contribution in [3.05, 3.63) is 280 Å². The normalized spacial score (nSPS) is 14.2. The molecule has 5 heteroatoms. The molecule has 1 aliphatic rings. The summed E-state index contributed by atoms with van der Waals surface area (Å²) < 4.78 is 13.1. The van der Waals surface area contributed by atoms with Crippen LogP contribution in [-0.2, 0) is 43.3 Å². The van der Waals surface area contributed by atoms with Crippen LogP contribution in [-0.4, -0.2) is 22.5 Å². The van der Waals surface area contributed by atoms with E-state index in [1.807, 2.05) is 0 Å². The molecule has 0 saturated heterocycles. The van der Waals surface area contributed by atoms with Crippen LogP contribution in [0, 0.1) is 0 Å². The second-order valence-electron chi connectivity index (χ2n) is 43.2. The molecule has 0 bridgehead atoms. The van der Waals surface area contributed by atoms with Gasteiger partial charge in [0.15, 0.2) is 0 Å². The van der Waals surface area contributed by atoms with Gasteiger partial charge in [0.05, 0.1) is 66.2 Å². The van der Waals surface area contributed by atoms with Gasteiger partial charge in [0.1, 0.15) is 0 Å². The van der Waals surface area contributed by atoms with Crippen molar-refractivity contribution < 1.29 is 0 Å². The van der Waals surface area contributed by atoms with Gasteiger partial charge in [-0.3, -0.25) is 0 Å². The van der Waals surface area contributed by atoms with Gasteiger partial charge in [-0.15, -0.1) is 0 Å². The first-order chi connectivity index (χ1) is 54.5. The van der Waals surface area contributed by atoms with Crippen molar-refractivity contribution in [3.8, 4) is 28.2 Å². The largest absolute Gasteiger partial charge is 0.309 e. The third-order valence-corrected chi connectivity index (χ3v) is 27.2. The minimum Gasteiger partial charge on any atom is -0.309 e. The van der Waals surface area contributed by atoms with E-state index in [4.69, 9.17) is 0 Å². The summed E-state index contributed by atoms with van der Waals surface area (Å²) in [5.74, 6) is 0.0506. The number of hydrogen-bond acceptors (Lipinski definition) is 0. The Labute approximate surface area is 682 Å². The zero-order valence-corrected chi connectivity index (χ0v) is 72.6. The molecule has 0 fully saturated rings. The molecule has 116 heavy (non-hydrogen) atoms. The summed E-state index contributed by atoms with van der Waals surface area (Å²) in [5, 5.41) is 17.7. The van der Waals surface area contributed by atoms with Crippen molar-refractivity contribution in [2.24, 2.45) is 0 Å². The zero-order chi connectivity index (χ0) is 81.2. The van der Waals surface area contributed by atoms with Gasteiger partial charge in [0.25, 0.3) is 0 Å². The molecule has 578 valence electrons. The summed E-state index contributed by atoms with van der Waals surface area (Å²) >= 11 is 0. The van der Waals surface area contributed by atoms with Crippen LogP contribution in [0.2, 0.25) is 0 Å². The topological polar surface area (TPSA) is 23.6 Å². The highest BCUT2D eigenvalue weighted by Gasteiger charge is 2.36. The third-order valence-electron chi connectivity index (χ3n) is 27.2. The van der Waals surface area contributed by atoms with Gasteiger partial charge in [-0.25, -0.2) is 0 Å². The maximum atomic E-state index is 2.66. The van der Waals surface area contributed by atoms with Crippen LogP contribution in [0.15, 0.2) is 218 Å². The fourth-order valence-corrected chi connectivity index (χ4v) is 20.4. The summed E-state index contributed by atoms with van der Waals surface area (Å²) in [6, 6.07) is 88.8. The van der Waals surface area contributed by atoms with E-state index in [0.29, 0.717) is 0 Å². The molecule has 0 saturated carbocycles. The first-order valence-corrected chi connectivity index (χ1v) is 42.6. The predicted molar refractivity (Wildman–Crippen MR) is 501 cm³/mol. The van der Waals surface area contributed by atoms with Crippen LogP contribution >= 0.6 is 0 Å². The van der Waals surface area contributed by atoms with Crippen LogP contribution in [0.25, 0.3) is 170 Å². The van der Waals surface area contributed by atoms with E-state index in [1.54, 1.807) is 0 Å². The third kappa shape index (κ3) is 10.5. The summed E-state index contributed by atoms with van der Waals surface area (Å²) in [7, 11) is 0. The molecule has 13 aromatic carbocycles. The zero-order valence-electron chi connectivity index (χ0n) is 72.6. The molecular formula is C111H109N5.